The Morgan fingerprint density at radius 1 is 1.29 bits per heavy atom. The van der Waals surface area contributed by atoms with Crippen LogP contribution in [0, 0.1) is 12.3 Å². The summed E-state index contributed by atoms with van der Waals surface area (Å²) < 4.78 is 5.30. The van der Waals surface area contributed by atoms with Crippen molar-refractivity contribution in [3.05, 3.63) is 30.3 Å². The Balaban J connectivity index is 2.08. The monoisotopic (exact) mass is 231 g/mol. The highest BCUT2D eigenvalue weighted by molar-refractivity contribution is 5.77. The summed E-state index contributed by atoms with van der Waals surface area (Å²) in [6.45, 7) is 0.706. The number of carbonyl (C=O) groups excluding carboxylic acids is 1. The molecule has 3 nitrogen and oxygen atoms in total. The second-order valence-corrected chi connectivity index (χ2v) is 3.61. The minimum atomic E-state index is -0.102. The van der Waals surface area contributed by atoms with E-state index in [0.29, 0.717) is 12.3 Å². The smallest absolute Gasteiger partial charge is 0.257 e. The Kier molecular flexibility index (Phi) is 6.35. The minimum Gasteiger partial charge on any atom is -0.484 e. The molecule has 1 rings (SSSR count). The summed E-state index contributed by atoms with van der Waals surface area (Å²) in [6, 6.07) is 9.28. The normalized spacial score (nSPS) is 9.35. The molecule has 0 radical (unpaired) electrons. The topological polar surface area (TPSA) is 38.3 Å². The first-order valence-electron chi connectivity index (χ1n) is 5.71. The number of carbonyl (C=O) groups is 1. The number of hydrogen-bond acceptors (Lipinski definition) is 2. The van der Waals surface area contributed by atoms with Crippen LogP contribution >= 0.6 is 0 Å². The molecular formula is C14H17NO2. The molecule has 1 N–H and O–H groups in total. The summed E-state index contributed by atoms with van der Waals surface area (Å²) in [5.74, 6) is 3.17. The fourth-order valence-corrected chi connectivity index (χ4v) is 1.30. The minimum absolute atomic E-state index is 0.0547. The van der Waals surface area contributed by atoms with E-state index in [1.807, 2.05) is 30.3 Å². The number of unbranched alkanes of at least 4 members (excludes halogenated alkanes) is 2. The Hall–Kier alpha value is -1.95. The lowest BCUT2D eigenvalue weighted by atomic mass is 10.2. The predicted octanol–water partition coefficient (Wildman–Crippen LogP) is 1.99. The highest BCUT2D eigenvalue weighted by atomic mass is 16.5. The van der Waals surface area contributed by atoms with Crippen LogP contribution in [0.4, 0.5) is 0 Å². The number of nitrogens with one attached hydrogen (secondary N) is 1. The van der Waals surface area contributed by atoms with Crippen molar-refractivity contribution >= 4 is 5.91 Å². The lowest BCUT2D eigenvalue weighted by Crippen LogP contribution is -2.29. The van der Waals surface area contributed by atoms with Crippen LogP contribution in [0.15, 0.2) is 30.3 Å². The van der Waals surface area contributed by atoms with E-state index in [1.165, 1.54) is 0 Å². The molecule has 0 aliphatic heterocycles. The molecule has 1 aromatic carbocycles. The van der Waals surface area contributed by atoms with Crippen molar-refractivity contribution in [1.29, 1.82) is 0 Å². The lowest BCUT2D eigenvalue weighted by Gasteiger charge is -2.06. The van der Waals surface area contributed by atoms with Crippen LogP contribution in [-0.4, -0.2) is 19.1 Å². The highest BCUT2D eigenvalue weighted by Gasteiger charge is 2.01. The zero-order valence-corrected chi connectivity index (χ0v) is 9.82. The quantitative estimate of drug-likeness (QED) is 0.575. The van der Waals surface area contributed by atoms with Crippen LogP contribution in [-0.2, 0) is 4.79 Å². The molecule has 0 saturated heterocycles. The third kappa shape index (κ3) is 6.26. The molecule has 0 heterocycles. The molecular weight excluding hydrogens is 214 g/mol. The van der Waals surface area contributed by atoms with Gasteiger partial charge in [-0.3, -0.25) is 4.79 Å². The molecule has 0 aliphatic carbocycles. The maximum absolute atomic E-state index is 11.4. The van der Waals surface area contributed by atoms with E-state index in [2.05, 4.69) is 11.2 Å². The first kappa shape index (κ1) is 13.1. The maximum Gasteiger partial charge on any atom is 0.257 e. The van der Waals surface area contributed by atoms with Crippen molar-refractivity contribution in [3.8, 4) is 18.1 Å². The Morgan fingerprint density at radius 3 is 2.76 bits per heavy atom. The van der Waals surface area contributed by atoms with E-state index in [9.17, 15) is 4.79 Å². The van der Waals surface area contributed by atoms with E-state index in [0.717, 1.165) is 19.3 Å². The van der Waals surface area contributed by atoms with Gasteiger partial charge in [-0.15, -0.1) is 12.3 Å². The Labute approximate surface area is 102 Å². The van der Waals surface area contributed by atoms with Gasteiger partial charge in [-0.2, -0.15) is 0 Å². The summed E-state index contributed by atoms with van der Waals surface area (Å²) in [6.07, 6.45) is 7.73. The van der Waals surface area contributed by atoms with Gasteiger partial charge in [0, 0.05) is 13.0 Å². The van der Waals surface area contributed by atoms with Gasteiger partial charge >= 0.3 is 0 Å². The zero-order valence-electron chi connectivity index (χ0n) is 9.82. The highest BCUT2D eigenvalue weighted by Crippen LogP contribution is 2.07. The largest absolute Gasteiger partial charge is 0.484 e. The molecule has 17 heavy (non-hydrogen) atoms. The van der Waals surface area contributed by atoms with E-state index >= 15 is 0 Å². The average molecular weight is 231 g/mol. The van der Waals surface area contributed by atoms with Crippen molar-refractivity contribution in [2.75, 3.05) is 13.2 Å². The van der Waals surface area contributed by atoms with Crippen LogP contribution in [0.3, 0.4) is 0 Å². The third-order valence-electron chi connectivity index (χ3n) is 2.18. The molecule has 1 amide bonds. The number of ether oxygens (including phenoxy) is 1. The number of amides is 1. The van der Waals surface area contributed by atoms with Gasteiger partial charge in [-0.05, 0) is 25.0 Å². The number of hydrogen-bond donors (Lipinski definition) is 1. The SMILES string of the molecule is C#CCCCCNC(=O)COc1ccccc1. The third-order valence-corrected chi connectivity index (χ3v) is 2.18. The molecule has 0 aliphatic rings. The summed E-state index contributed by atoms with van der Waals surface area (Å²) in [5, 5.41) is 2.78. The standard InChI is InChI=1S/C14H17NO2/c1-2-3-4-8-11-15-14(16)12-17-13-9-6-5-7-10-13/h1,5-7,9-10H,3-4,8,11-12H2,(H,15,16). The molecule has 0 fully saturated rings. The number of benzene rings is 1. The van der Waals surface area contributed by atoms with Gasteiger partial charge in [0.1, 0.15) is 5.75 Å². The second kappa shape index (κ2) is 8.23. The average Bonchev–Trinajstić information content (AvgIpc) is 2.37. The first-order chi connectivity index (χ1) is 8.33. The van der Waals surface area contributed by atoms with Gasteiger partial charge in [0.25, 0.3) is 5.91 Å². The molecule has 0 unspecified atom stereocenters. The van der Waals surface area contributed by atoms with Gasteiger partial charge in [0.05, 0.1) is 0 Å². The van der Waals surface area contributed by atoms with Crippen LogP contribution in [0.2, 0.25) is 0 Å². The number of rotatable bonds is 7. The van der Waals surface area contributed by atoms with Crippen molar-refractivity contribution in [2.24, 2.45) is 0 Å². The van der Waals surface area contributed by atoms with Gasteiger partial charge < -0.3 is 10.1 Å². The van der Waals surface area contributed by atoms with Crippen molar-refractivity contribution in [1.82, 2.24) is 5.32 Å². The molecule has 0 aromatic heterocycles. The molecule has 1 aromatic rings. The summed E-state index contributed by atoms with van der Waals surface area (Å²) in [5.41, 5.74) is 0. The molecule has 3 heteroatoms. The lowest BCUT2D eigenvalue weighted by molar-refractivity contribution is -0.123. The Bertz CT molecular complexity index is 368. The fourth-order valence-electron chi connectivity index (χ4n) is 1.30. The van der Waals surface area contributed by atoms with E-state index in [-0.39, 0.29) is 12.5 Å². The van der Waals surface area contributed by atoms with Gasteiger partial charge in [0.15, 0.2) is 6.61 Å². The van der Waals surface area contributed by atoms with Crippen molar-refractivity contribution < 1.29 is 9.53 Å². The van der Waals surface area contributed by atoms with E-state index in [1.54, 1.807) is 0 Å². The second-order valence-electron chi connectivity index (χ2n) is 3.61. The van der Waals surface area contributed by atoms with Crippen LogP contribution in [0.1, 0.15) is 19.3 Å². The van der Waals surface area contributed by atoms with Crippen molar-refractivity contribution in [3.63, 3.8) is 0 Å². The molecule has 0 spiro atoms. The predicted molar refractivity (Wildman–Crippen MR) is 67.6 cm³/mol. The van der Waals surface area contributed by atoms with E-state index < -0.39 is 0 Å². The van der Waals surface area contributed by atoms with E-state index in [4.69, 9.17) is 11.2 Å². The molecule has 0 saturated carbocycles. The molecule has 90 valence electrons. The molecule has 0 bridgehead atoms. The maximum atomic E-state index is 11.4. The van der Waals surface area contributed by atoms with Crippen LogP contribution in [0.5, 0.6) is 5.75 Å². The zero-order chi connectivity index (χ0) is 12.3. The Morgan fingerprint density at radius 2 is 2.06 bits per heavy atom. The number of terminal acetylenes is 1. The van der Waals surface area contributed by atoms with Crippen LogP contribution < -0.4 is 10.1 Å². The first-order valence-corrected chi connectivity index (χ1v) is 5.71. The number of para-hydroxylation sites is 1. The van der Waals surface area contributed by atoms with Gasteiger partial charge in [-0.1, -0.05) is 18.2 Å². The summed E-state index contributed by atoms with van der Waals surface area (Å²) in [4.78, 5) is 11.4. The summed E-state index contributed by atoms with van der Waals surface area (Å²) in [7, 11) is 0. The van der Waals surface area contributed by atoms with Crippen LogP contribution in [0.25, 0.3) is 0 Å². The van der Waals surface area contributed by atoms with Gasteiger partial charge in [-0.25, -0.2) is 0 Å². The fraction of sp³-hybridized carbons (Fsp3) is 0.357. The van der Waals surface area contributed by atoms with Crippen molar-refractivity contribution in [2.45, 2.75) is 19.3 Å². The molecule has 0 atom stereocenters. The summed E-state index contributed by atoms with van der Waals surface area (Å²) >= 11 is 0. The van der Waals surface area contributed by atoms with Gasteiger partial charge in [0.2, 0.25) is 0 Å².